The Morgan fingerprint density at radius 2 is 1.95 bits per heavy atom. The molecule has 0 aromatic heterocycles. The molecule has 0 heterocycles. The third-order valence-corrected chi connectivity index (χ3v) is 3.35. The van der Waals surface area contributed by atoms with Gasteiger partial charge in [-0.1, -0.05) is 0 Å². The van der Waals surface area contributed by atoms with Crippen molar-refractivity contribution < 1.29 is 9.66 Å². The molecular weight excluding hydrogens is 373 g/mol. The van der Waals surface area contributed by atoms with Gasteiger partial charge in [0, 0.05) is 9.64 Å². The summed E-state index contributed by atoms with van der Waals surface area (Å²) < 4.78 is 6.73. The number of nitrogens with one attached hydrogen (secondary N) is 1. The van der Waals surface area contributed by atoms with Crippen molar-refractivity contribution in [2.75, 3.05) is 5.43 Å². The van der Waals surface area contributed by atoms with Crippen molar-refractivity contribution in [2.24, 2.45) is 5.84 Å². The zero-order chi connectivity index (χ0) is 14.5. The Balaban J connectivity index is 2.10. The van der Waals surface area contributed by atoms with E-state index in [0.717, 1.165) is 14.9 Å². The first-order valence-electron chi connectivity index (χ1n) is 5.72. The summed E-state index contributed by atoms with van der Waals surface area (Å²) in [5.74, 6) is 6.03. The molecule has 0 amide bonds. The molecule has 0 spiro atoms. The molecule has 6 nitrogen and oxygen atoms in total. The maximum atomic E-state index is 10.8. The average Bonchev–Trinajstić information content (AvgIpc) is 2.46. The number of benzene rings is 2. The molecule has 0 atom stereocenters. The topological polar surface area (TPSA) is 90.4 Å². The van der Waals surface area contributed by atoms with Gasteiger partial charge in [0.25, 0.3) is 5.69 Å². The highest BCUT2D eigenvalue weighted by atomic mass is 127. The maximum absolute atomic E-state index is 10.8. The van der Waals surface area contributed by atoms with Crippen LogP contribution < -0.4 is 16.0 Å². The molecular formula is C13H12IN3O3. The molecule has 7 heteroatoms. The summed E-state index contributed by atoms with van der Waals surface area (Å²) in [6, 6.07) is 12.3. The van der Waals surface area contributed by atoms with Gasteiger partial charge in [-0.05, 0) is 64.6 Å². The average molecular weight is 385 g/mol. The normalized spacial score (nSPS) is 10.1. The van der Waals surface area contributed by atoms with Crippen LogP contribution in [-0.4, -0.2) is 4.92 Å². The third kappa shape index (κ3) is 3.58. The molecule has 20 heavy (non-hydrogen) atoms. The van der Waals surface area contributed by atoms with Gasteiger partial charge in [-0.15, -0.1) is 0 Å². The minimum Gasteiger partial charge on any atom is -0.489 e. The van der Waals surface area contributed by atoms with Crippen LogP contribution in [0.4, 0.5) is 11.4 Å². The van der Waals surface area contributed by atoms with Crippen molar-refractivity contribution in [3.8, 4) is 5.75 Å². The van der Waals surface area contributed by atoms with Gasteiger partial charge in [-0.2, -0.15) is 0 Å². The molecule has 0 bridgehead atoms. The Kier molecular flexibility index (Phi) is 4.74. The second-order valence-electron chi connectivity index (χ2n) is 4.00. The fourth-order valence-electron chi connectivity index (χ4n) is 1.65. The van der Waals surface area contributed by atoms with E-state index in [1.165, 1.54) is 6.07 Å². The van der Waals surface area contributed by atoms with Crippen LogP contribution in [0.3, 0.4) is 0 Å². The van der Waals surface area contributed by atoms with Crippen molar-refractivity contribution >= 4 is 34.0 Å². The van der Waals surface area contributed by atoms with Gasteiger partial charge in [0.1, 0.15) is 18.0 Å². The lowest BCUT2D eigenvalue weighted by Crippen LogP contribution is -2.09. The van der Waals surface area contributed by atoms with E-state index in [-0.39, 0.29) is 11.4 Å². The van der Waals surface area contributed by atoms with E-state index >= 15 is 0 Å². The molecule has 0 fully saturated rings. The molecule has 0 saturated heterocycles. The SMILES string of the molecule is NNc1cc(COc2ccc(I)cc2)ccc1[N+](=O)[O-]. The molecule has 104 valence electrons. The van der Waals surface area contributed by atoms with Crippen molar-refractivity contribution in [3.63, 3.8) is 0 Å². The standard InChI is InChI=1S/C13H12IN3O3/c14-10-2-4-11(5-3-10)20-8-9-1-6-13(17(18)19)12(7-9)16-15/h1-7,16H,8,15H2. The van der Waals surface area contributed by atoms with Crippen LogP contribution in [0.25, 0.3) is 0 Å². The molecule has 0 aliphatic heterocycles. The Bertz CT molecular complexity index is 617. The number of halogens is 1. The largest absolute Gasteiger partial charge is 0.489 e. The number of hydrazine groups is 1. The number of nitrogens with two attached hydrogens (primary N) is 1. The number of nitrogens with zero attached hydrogens (tertiary/aromatic N) is 1. The van der Waals surface area contributed by atoms with Crippen molar-refractivity contribution in [1.29, 1.82) is 0 Å². The van der Waals surface area contributed by atoms with Crippen LogP contribution in [0.5, 0.6) is 5.75 Å². The summed E-state index contributed by atoms with van der Waals surface area (Å²) in [4.78, 5) is 10.3. The number of nitro benzene ring substituents is 1. The highest BCUT2D eigenvalue weighted by Crippen LogP contribution is 2.25. The van der Waals surface area contributed by atoms with E-state index in [1.807, 2.05) is 24.3 Å². The molecule has 2 aromatic rings. The number of nitrogen functional groups attached to an aromatic ring is 1. The first kappa shape index (κ1) is 14.5. The number of ether oxygens (including phenoxy) is 1. The number of nitro groups is 1. The van der Waals surface area contributed by atoms with Gasteiger partial charge >= 0.3 is 0 Å². The summed E-state index contributed by atoms with van der Waals surface area (Å²) in [5.41, 5.74) is 3.32. The smallest absolute Gasteiger partial charge is 0.293 e. The Morgan fingerprint density at radius 3 is 2.55 bits per heavy atom. The van der Waals surface area contributed by atoms with Crippen LogP contribution in [-0.2, 0) is 6.61 Å². The van der Waals surface area contributed by atoms with Crippen LogP contribution in [0, 0.1) is 13.7 Å². The van der Waals surface area contributed by atoms with Gasteiger partial charge in [-0.3, -0.25) is 16.0 Å². The minimum absolute atomic E-state index is 0.0643. The molecule has 2 rings (SSSR count). The quantitative estimate of drug-likeness (QED) is 0.357. The minimum atomic E-state index is -0.487. The van der Waals surface area contributed by atoms with Crippen LogP contribution in [0.2, 0.25) is 0 Å². The number of hydrogen-bond acceptors (Lipinski definition) is 5. The summed E-state index contributed by atoms with van der Waals surface area (Å²) in [6.07, 6.45) is 0. The zero-order valence-electron chi connectivity index (χ0n) is 10.4. The fourth-order valence-corrected chi connectivity index (χ4v) is 2.00. The Morgan fingerprint density at radius 1 is 1.25 bits per heavy atom. The summed E-state index contributed by atoms with van der Waals surface area (Å²) >= 11 is 2.21. The highest BCUT2D eigenvalue weighted by molar-refractivity contribution is 14.1. The summed E-state index contributed by atoms with van der Waals surface area (Å²) in [7, 11) is 0. The zero-order valence-corrected chi connectivity index (χ0v) is 12.5. The predicted octanol–water partition coefficient (Wildman–Crippen LogP) is 3.06. The highest BCUT2D eigenvalue weighted by Gasteiger charge is 2.13. The molecule has 0 saturated carbocycles. The van der Waals surface area contributed by atoms with E-state index in [2.05, 4.69) is 28.0 Å². The molecule has 2 aromatic carbocycles. The summed E-state index contributed by atoms with van der Waals surface area (Å²) in [6.45, 7) is 0.313. The van der Waals surface area contributed by atoms with Gasteiger partial charge in [0.15, 0.2) is 0 Å². The van der Waals surface area contributed by atoms with Gasteiger partial charge in [0.2, 0.25) is 0 Å². The predicted molar refractivity (Wildman–Crippen MR) is 84.4 cm³/mol. The van der Waals surface area contributed by atoms with E-state index in [0.29, 0.717) is 6.61 Å². The van der Waals surface area contributed by atoms with Crippen LogP contribution >= 0.6 is 22.6 Å². The fraction of sp³-hybridized carbons (Fsp3) is 0.0769. The van der Waals surface area contributed by atoms with E-state index in [1.54, 1.807) is 12.1 Å². The van der Waals surface area contributed by atoms with E-state index in [4.69, 9.17) is 10.6 Å². The molecule has 0 radical (unpaired) electrons. The molecule has 0 unspecified atom stereocenters. The third-order valence-electron chi connectivity index (χ3n) is 2.63. The summed E-state index contributed by atoms with van der Waals surface area (Å²) in [5, 5.41) is 10.8. The van der Waals surface area contributed by atoms with Crippen LogP contribution in [0.15, 0.2) is 42.5 Å². The number of rotatable bonds is 5. The van der Waals surface area contributed by atoms with Crippen LogP contribution in [0.1, 0.15) is 5.56 Å². The molecule has 0 aliphatic rings. The van der Waals surface area contributed by atoms with Crippen molar-refractivity contribution in [1.82, 2.24) is 0 Å². The lowest BCUT2D eigenvalue weighted by atomic mass is 10.2. The molecule has 3 N–H and O–H groups in total. The first-order valence-corrected chi connectivity index (χ1v) is 6.80. The monoisotopic (exact) mass is 385 g/mol. The van der Waals surface area contributed by atoms with E-state index < -0.39 is 4.92 Å². The van der Waals surface area contributed by atoms with Gasteiger partial charge in [-0.25, -0.2) is 0 Å². The van der Waals surface area contributed by atoms with Gasteiger partial charge < -0.3 is 10.2 Å². The van der Waals surface area contributed by atoms with Gasteiger partial charge in [0.05, 0.1) is 4.92 Å². The Hall–Kier alpha value is -1.87. The second-order valence-corrected chi connectivity index (χ2v) is 5.24. The lowest BCUT2D eigenvalue weighted by molar-refractivity contribution is -0.384. The Labute approximate surface area is 129 Å². The van der Waals surface area contributed by atoms with Crippen molar-refractivity contribution in [2.45, 2.75) is 6.61 Å². The maximum Gasteiger partial charge on any atom is 0.293 e. The molecule has 0 aliphatic carbocycles. The first-order chi connectivity index (χ1) is 9.60. The second kappa shape index (κ2) is 6.53. The van der Waals surface area contributed by atoms with E-state index in [9.17, 15) is 10.1 Å². The van der Waals surface area contributed by atoms with Crippen molar-refractivity contribution in [3.05, 3.63) is 61.7 Å². The number of hydrogen-bond donors (Lipinski definition) is 2. The lowest BCUT2D eigenvalue weighted by Gasteiger charge is -2.08. The number of anilines is 1.